The predicted octanol–water partition coefficient (Wildman–Crippen LogP) is -1.20. The third-order valence-corrected chi connectivity index (χ3v) is 1.60. The Kier molecular flexibility index (Phi) is 0.670. The van der Waals surface area contributed by atoms with Crippen LogP contribution in [0.5, 0.6) is 0 Å². The van der Waals surface area contributed by atoms with Crippen LogP contribution in [-0.4, -0.2) is 24.0 Å². The molecule has 9 heavy (non-hydrogen) atoms. The first-order valence-corrected chi connectivity index (χ1v) is 2.77. The van der Waals surface area contributed by atoms with Crippen molar-refractivity contribution < 1.29 is 14.3 Å². The van der Waals surface area contributed by atoms with Gasteiger partial charge in [-0.05, 0) is 0 Å². The van der Waals surface area contributed by atoms with Gasteiger partial charge in [0.15, 0.2) is 6.04 Å². The number of amides is 1. The molecule has 4 nitrogen and oxygen atoms in total. The van der Waals surface area contributed by atoms with Crippen LogP contribution < -0.4 is 5.32 Å². The van der Waals surface area contributed by atoms with Gasteiger partial charge in [-0.3, -0.25) is 4.79 Å². The Hall–Kier alpha value is -1.06. The number of esters is 1. The summed E-state index contributed by atoms with van der Waals surface area (Å²) in [5.41, 5.74) is 0. The second-order valence-electron chi connectivity index (χ2n) is 2.22. The van der Waals surface area contributed by atoms with Gasteiger partial charge in [-0.15, -0.1) is 0 Å². The van der Waals surface area contributed by atoms with Gasteiger partial charge < -0.3 is 10.1 Å². The second-order valence-corrected chi connectivity index (χ2v) is 2.22. The molecule has 2 atom stereocenters. The molecule has 48 valence electrons. The minimum Gasteiger partial charge on any atom is -0.457 e. The molecule has 0 aromatic rings. The van der Waals surface area contributed by atoms with Crippen LogP contribution >= 0.6 is 0 Å². The van der Waals surface area contributed by atoms with Crippen molar-refractivity contribution in [2.24, 2.45) is 0 Å². The van der Waals surface area contributed by atoms with E-state index >= 15 is 0 Å². The number of carbonyl (C=O) groups excluding carboxylic acids is 2. The Morgan fingerprint density at radius 3 is 2.78 bits per heavy atom. The standard InChI is InChI=1S/C5H5NO3/c7-3-1-2-4(6-3)5(8)9-2/h2,4H,1H2,(H,6,7)/t2-,4+/m0/s1. The fourth-order valence-electron chi connectivity index (χ4n) is 1.10. The van der Waals surface area contributed by atoms with E-state index in [1.165, 1.54) is 0 Å². The summed E-state index contributed by atoms with van der Waals surface area (Å²) in [6, 6.07) is -0.322. The average Bonchev–Trinajstić information content (AvgIpc) is 2.08. The van der Waals surface area contributed by atoms with Crippen LogP contribution in [0.15, 0.2) is 0 Å². The van der Waals surface area contributed by atoms with Gasteiger partial charge in [-0.1, -0.05) is 0 Å². The first-order chi connectivity index (χ1) is 4.27. The molecule has 0 aromatic carbocycles. The molecule has 0 bridgehead atoms. The zero-order valence-corrected chi connectivity index (χ0v) is 4.59. The Morgan fingerprint density at radius 2 is 2.33 bits per heavy atom. The summed E-state index contributed by atoms with van der Waals surface area (Å²) in [5, 5.41) is 2.49. The average molecular weight is 127 g/mol. The van der Waals surface area contributed by atoms with Crippen molar-refractivity contribution in [3.8, 4) is 0 Å². The van der Waals surface area contributed by atoms with Gasteiger partial charge in [-0.2, -0.15) is 0 Å². The van der Waals surface area contributed by atoms with E-state index in [4.69, 9.17) is 0 Å². The Morgan fingerprint density at radius 1 is 1.56 bits per heavy atom. The van der Waals surface area contributed by atoms with E-state index in [-0.39, 0.29) is 24.0 Å². The molecule has 2 fully saturated rings. The SMILES string of the molecule is O=C1C[C@@H]2OC(=O)[C@@H]2N1. The van der Waals surface area contributed by atoms with Gasteiger partial charge >= 0.3 is 5.97 Å². The van der Waals surface area contributed by atoms with Crippen LogP contribution in [0.4, 0.5) is 0 Å². The molecule has 2 aliphatic heterocycles. The Balaban J connectivity index is 2.16. The van der Waals surface area contributed by atoms with Gasteiger partial charge in [0.2, 0.25) is 5.91 Å². The molecule has 0 unspecified atom stereocenters. The summed E-state index contributed by atoms with van der Waals surface area (Å²) < 4.78 is 4.61. The molecule has 2 rings (SSSR count). The van der Waals surface area contributed by atoms with E-state index < -0.39 is 0 Å². The largest absolute Gasteiger partial charge is 0.457 e. The molecule has 0 aromatic heterocycles. The highest BCUT2D eigenvalue weighted by Crippen LogP contribution is 2.22. The topological polar surface area (TPSA) is 55.4 Å². The van der Waals surface area contributed by atoms with E-state index in [9.17, 15) is 9.59 Å². The normalized spacial score (nSPS) is 38.7. The lowest BCUT2D eigenvalue weighted by molar-refractivity contribution is -0.172. The summed E-state index contributed by atoms with van der Waals surface area (Å²) in [5.74, 6) is -0.387. The van der Waals surface area contributed by atoms with Crippen molar-refractivity contribution >= 4 is 11.9 Å². The summed E-state index contributed by atoms with van der Waals surface area (Å²) in [4.78, 5) is 20.9. The first kappa shape index (κ1) is 4.78. The Labute approximate surface area is 51.2 Å². The van der Waals surface area contributed by atoms with Crippen molar-refractivity contribution in [2.45, 2.75) is 18.6 Å². The maximum atomic E-state index is 10.5. The smallest absolute Gasteiger partial charge is 0.332 e. The zero-order valence-electron chi connectivity index (χ0n) is 4.59. The molecule has 2 aliphatic rings. The third kappa shape index (κ3) is 0.472. The van der Waals surface area contributed by atoms with Crippen LogP contribution in [0.2, 0.25) is 0 Å². The number of rotatable bonds is 0. The summed E-state index contributed by atoms with van der Waals surface area (Å²) >= 11 is 0. The summed E-state index contributed by atoms with van der Waals surface area (Å²) in [7, 11) is 0. The van der Waals surface area contributed by atoms with Crippen molar-refractivity contribution in [2.75, 3.05) is 0 Å². The van der Waals surface area contributed by atoms with E-state index in [1.807, 2.05) is 0 Å². The third-order valence-electron chi connectivity index (χ3n) is 1.60. The quantitative estimate of drug-likeness (QED) is 0.416. The molecule has 1 amide bonds. The predicted molar refractivity (Wildman–Crippen MR) is 26.4 cm³/mol. The van der Waals surface area contributed by atoms with Crippen LogP contribution in [0.3, 0.4) is 0 Å². The minimum atomic E-state index is -0.322. The van der Waals surface area contributed by atoms with E-state index in [0.29, 0.717) is 6.42 Å². The van der Waals surface area contributed by atoms with Crippen molar-refractivity contribution in [1.82, 2.24) is 5.32 Å². The minimum absolute atomic E-state index is 0.0872. The number of nitrogens with one attached hydrogen (secondary N) is 1. The maximum absolute atomic E-state index is 10.5. The van der Waals surface area contributed by atoms with E-state index in [2.05, 4.69) is 10.1 Å². The molecule has 2 heterocycles. The van der Waals surface area contributed by atoms with Gasteiger partial charge in [0.25, 0.3) is 0 Å². The Bertz CT molecular complexity index is 187. The lowest BCUT2D eigenvalue weighted by Gasteiger charge is -2.27. The highest BCUT2D eigenvalue weighted by atomic mass is 16.6. The fraction of sp³-hybridized carbons (Fsp3) is 0.600. The first-order valence-electron chi connectivity index (χ1n) is 2.77. The molecule has 0 aliphatic carbocycles. The molecule has 4 heteroatoms. The van der Waals surface area contributed by atoms with Gasteiger partial charge in [0.1, 0.15) is 6.10 Å². The number of carbonyl (C=O) groups is 2. The van der Waals surface area contributed by atoms with Gasteiger partial charge in [0.05, 0.1) is 6.42 Å². The van der Waals surface area contributed by atoms with Gasteiger partial charge in [0, 0.05) is 0 Å². The molecular weight excluding hydrogens is 122 g/mol. The van der Waals surface area contributed by atoms with Crippen molar-refractivity contribution in [3.63, 3.8) is 0 Å². The molecule has 0 spiro atoms. The maximum Gasteiger partial charge on any atom is 0.332 e. The number of hydrogen-bond acceptors (Lipinski definition) is 3. The fourth-order valence-corrected chi connectivity index (χ4v) is 1.10. The summed E-state index contributed by atoms with van der Waals surface area (Å²) in [6.45, 7) is 0. The monoisotopic (exact) mass is 127 g/mol. The molecule has 1 N–H and O–H groups in total. The highest BCUT2D eigenvalue weighted by Gasteiger charge is 2.49. The highest BCUT2D eigenvalue weighted by molar-refractivity contribution is 5.93. The molecule has 0 radical (unpaired) electrons. The molecule has 2 saturated heterocycles. The number of ether oxygens (including phenoxy) is 1. The summed E-state index contributed by atoms with van der Waals surface area (Å²) in [6.07, 6.45) is 0.182. The van der Waals surface area contributed by atoms with Crippen LogP contribution in [-0.2, 0) is 14.3 Å². The molecule has 0 saturated carbocycles. The van der Waals surface area contributed by atoms with Crippen LogP contribution in [0, 0.1) is 0 Å². The van der Waals surface area contributed by atoms with Crippen molar-refractivity contribution in [3.05, 3.63) is 0 Å². The zero-order chi connectivity index (χ0) is 6.43. The lowest BCUT2D eigenvalue weighted by Crippen LogP contribution is -2.52. The van der Waals surface area contributed by atoms with Crippen LogP contribution in [0.1, 0.15) is 6.42 Å². The number of fused-ring (bicyclic) bond motifs is 1. The second kappa shape index (κ2) is 1.26. The lowest BCUT2D eigenvalue weighted by atomic mass is 10.1. The van der Waals surface area contributed by atoms with E-state index in [0.717, 1.165) is 0 Å². The van der Waals surface area contributed by atoms with Gasteiger partial charge in [-0.25, -0.2) is 4.79 Å². The van der Waals surface area contributed by atoms with Crippen LogP contribution in [0.25, 0.3) is 0 Å². The van der Waals surface area contributed by atoms with E-state index in [1.54, 1.807) is 0 Å². The number of hydrogen-bond donors (Lipinski definition) is 1. The van der Waals surface area contributed by atoms with Crippen molar-refractivity contribution in [1.29, 1.82) is 0 Å². The molecular formula is C5H5NO3.